The maximum absolute atomic E-state index is 10.7. The van der Waals surface area contributed by atoms with Gasteiger partial charge >= 0.3 is 6.03 Å². The number of hydrazine groups is 1. The van der Waals surface area contributed by atoms with Gasteiger partial charge in [-0.25, -0.2) is 10.6 Å². The molecule has 0 aliphatic rings. The fourth-order valence-electron chi connectivity index (χ4n) is 1.19. The third-order valence-electron chi connectivity index (χ3n) is 1.90. The van der Waals surface area contributed by atoms with E-state index < -0.39 is 0 Å². The Hall–Kier alpha value is -1.55. The van der Waals surface area contributed by atoms with Gasteiger partial charge in [0.1, 0.15) is 0 Å². The summed E-state index contributed by atoms with van der Waals surface area (Å²) >= 11 is 0. The first kappa shape index (κ1) is 10.5. The van der Waals surface area contributed by atoms with Crippen LogP contribution in [0.5, 0.6) is 0 Å². The predicted octanol–water partition coefficient (Wildman–Crippen LogP) is 0.792. The summed E-state index contributed by atoms with van der Waals surface area (Å²) in [6.45, 7) is 0.637. The lowest BCUT2D eigenvalue weighted by Crippen LogP contribution is -2.40. The molecule has 0 aliphatic carbocycles. The van der Waals surface area contributed by atoms with Crippen molar-refractivity contribution in [3.05, 3.63) is 35.9 Å². The van der Waals surface area contributed by atoms with Gasteiger partial charge in [0.15, 0.2) is 0 Å². The van der Waals surface area contributed by atoms with Gasteiger partial charge < -0.3 is 5.32 Å². The normalized spacial score (nSPS) is 9.50. The summed E-state index contributed by atoms with van der Waals surface area (Å²) in [7, 11) is 0. The molecule has 2 amide bonds. The van der Waals surface area contributed by atoms with Crippen molar-refractivity contribution in [1.29, 1.82) is 0 Å². The summed E-state index contributed by atoms with van der Waals surface area (Å²) in [5.74, 6) is 4.90. The second-order valence-corrected chi connectivity index (χ2v) is 2.99. The van der Waals surface area contributed by atoms with Gasteiger partial charge in [0.25, 0.3) is 0 Å². The number of hydrogen-bond donors (Lipinski definition) is 3. The van der Waals surface area contributed by atoms with Crippen LogP contribution >= 0.6 is 0 Å². The Morgan fingerprint density at radius 1 is 1.29 bits per heavy atom. The number of urea groups is 1. The monoisotopic (exact) mass is 193 g/mol. The van der Waals surface area contributed by atoms with Gasteiger partial charge in [0, 0.05) is 6.54 Å². The number of amides is 2. The third kappa shape index (κ3) is 3.91. The molecule has 14 heavy (non-hydrogen) atoms. The number of hydrogen-bond acceptors (Lipinski definition) is 2. The smallest absolute Gasteiger partial charge is 0.328 e. The van der Waals surface area contributed by atoms with Crippen LogP contribution in [0.3, 0.4) is 0 Å². The third-order valence-corrected chi connectivity index (χ3v) is 1.90. The van der Waals surface area contributed by atoms with Crippen molar-refractivity contribution < 1.29 is 4.79 Å². The highest BCUT2D eigenvalue weighted by atomic mass is 16.2. The Labute approximate surface area is 83.5 Å². The van der Waals surface area contributed by atoms with Crippen molar-refractivity contribution in [3.8, 4) is 0 Å². The average molecular weight is 193 g/mol. The minimum atomic E-state index is -0.335. The minimum absolute atomic E-state index is 0.335. The minimum Gasteiger partial charge on any atom is -0.337 e. The molecule has 4 N–H and O–H groups in total. The van der Waals surface area contributed by atoms with Crippen LogP contribution in [0.1, 0.15) is 12.0 Å². The lowest BCUT2D eigenvalue weighted by molar-refractivity contribution is 0.241. The first-order chi connectivity index (χ1) is 6.83. The van der Waals surface area contributed by atoms with E-state index in [9.17, 15) is 4.79 Å². The van der Waals surface area contributed by atoms with E-state index in [1.165, 1.54) is 5.56 Å². The molecule has 0 bridgehead atoms. The van der Waals surface area contributed by atoms with E-state index in [-0.39, 0.29) is 6.03 Å². The van der Waals surface area contributed by atoms with Crippen LogP contribution in [-0.2, 0) is 6.42 Å². The van der Waals surface area contributed by atoms with Crippen LogP contribution in [0.4, 0.5) is 4.79 Å². The number of rotatable bonds is 4. The van der Waals surface area contributed by atoms with Crippen LogP contribution < -0.4 is 16.6 Å². The Morgan fingerprint density at radius 2 is 2.00 bits per heavy atom. The molecule has 0 aromatic heterocycles. The highest BCUT2D eigenvalue weighted by Gasteiger charge is 1.95. The van der Waals surface area contributed by atoms with E-state index in [1.807, 2.05) is 23.6 Å². The molecule has 76 valence electrons. The van der Waals surface area contributed by atoms with E-state index in [1.54, 1.807) is 0 Å². The lowest BCUT2D eigenvalue weighted by atomic mass is 10.1. The molecule has 0 spiro atoms. The van der Waals surface area contributed by atoms with E-state index in [4.69, 9.17) is 5.84 Å². The van der Waals surface area contributed by atoms with Gasteiger partial charge in [-0.05, 0) is 18.4 Å². The summed E-state index contributed by atoms with van der Waals surface area (Å²) in [5.41, 5.74) is 3.29. The van der Waals surface area contributed by atoms with Gasteiger partial charge in [0.05, 0.1) is 0 Å². The Balaban J connectivity index is 2.13. The number of nitrogens with one attached hydrogen (secondary N) is 2. The van der Waals surface area contributed by atoms with Crippen molar-refractivity contribution in [2.75, 3.05) is 6.54 Å². The fraction of sp³-hybridized carbons (Fsp3) is 0.300. The largest absolute Gasteiger partial charge is 0.337 e. The molecule has 0 radical (unpaired) electrons. The number of benzene rings is 1. The van der Waals surface area contributed by atoms with Gasteiger partial charge in [-0.2, -0.15) is 0 Å². The van der Waals surface area contributed by atoms with E-state index >= 15 is 0 Å². The topological polar surface area (TPSA) is 67.1 Å². The molecule has 0 saturated carbocycles. The second-order valence-electron chi connectivity index (χ2n) is 2.99. The van der Waals surface area contributed by atoms with Crippen LogP contribution in [0, 0.1) is 0 Å². The standard InChI is InChI=1S/C10H15N3O/c11-13-10(14)12-8-4-7-9-5-2-1-3-6-9/h1-3,5-6H,4,7-8,11H2,(H2,12,13,14). The number of carbonyl (C=O) groups excluding carboxylic acids is 1. The van der Waals surface area contributed by atoms with Gasteiger partial charge in [-0.3, -0.25) is 5.43 Å². The average Bonchev–Trinajstić information content (AvgIpc) is 2.25. The highest BCUT2D eigenvalue weighted by Crippen LogP contribution is 2.01. The quantitative estimate of drug-likeness (QED) is 0.286. The summed E-state index contributed by atoms with van der Waals surface area (Å²) in [5, 5.41) is 2.63. The SMILES string of the molecule is NNC(=O)NCCCc1ccccc1. The molecule has 0 heterocycles. The van der Waals surface area contributed by atoms with Gasteiger partial charge in [0.2, 0.25) is 0 Å². The molecule has 0 atom stereocenters. The maximum Gasteiger partial charge on any atom is 0.328 e. The van der Waals surface area contributed by atoms with Crippen molar-refractivity contribution in [3.63, 3.8) is 0 Å². The molecule has 4 heteroatoms. The molecule has 0 fully saturated rings. The van der Waals surface area contributed by atoms with Crippen LogP contribution in [-0.4, -0.2) is 12.6 Å². The van der Waals surface area contributed by atoms with Crippen molar-refractivity contribution in [2.45, 2.75) is 12.8 Å². The summed E-state index contributed by atoms with van der Waals surface area (Å²) in [6, 6.07) is 9.82. The number of aryl methyl sites for hydroxylation is 1. The highest BCUT2D eigenvalue weighted by molar-refractivity contribution is 5.72. The molecule has 1 aromatic carbocycles. The Bertz CT molecular complexity index is 274. The summed E-state index contributed by atoms with van der Waals surface area (Å²) < 4.78 is 0. The first-order valence-corrected chi connectivity index (χ1v) is 4.61. The van der Waals surface area contributed by atoms with Gasteiger partial charge in [-0.15, -0.1) is 0 Å². The van der Waals surface area contributed by atoms with Gasteiger partial charge in [-0.1, -0.05) is 30.3 Å². The van der Waals surface area contributed by atoms with Crippen LogP contribution in [0.2, 0.25) is 0 Å². The zero-order valence-corrected chi connectivity index (χ0v) is 7.99. The van der Waals surface area contributed by atoms with Crippen molar-refractivity contribution in [1.82, 2.24) is 10.7 Å². The lowest BCUT2D eigenvalue weighted by Gasteiger charge is -2.03. The molecular formula is C10H15N3O. The number of carbonyl (C=O) groups is 1. The Kier molecular flexibility index (Phi) is 4.50. The maximum atomic E-state index is 10.7. The second kappa shape index (κ2) is 5.99. The van der Waals surface area contributed by atoms with Crippen LogP contribution in [0.25, 0.3) is 0 Å². The van der Waals surface area contributed by atoms with E-state index in [0.717, 1.165) is 12.8 Å². The van der Waals surface area contributed by atoms with E-state index in [0.29, 0.717) is 6.54 Å². The predicted molar refractivity (Wildman–Crippen MR) is 55.5 cm³/mol. The van der Waals surface area contributed by atoms with Crippen molar-refractivity contribution in [2.24, 2.45) is 5.84 Å². The van der Waals surface area contributed by atoms with Crippen LogP contribution in [0.15, 0.2) is 30.3 Å². The molecule has 0 aliphatic heterocycles. The molecule has 1 rings (SSSR count). The summed E-state index contributed by atoms with van der Waals surface area (Å²) in [4.78, 5) is 10.7. The zero-order valence-electron chi connectivity index (χ0n) is 7.99. The molecule has 4 nitrogen and oxygen atoms in total. The summed E-state index contributed by atoms with van der Waals surface area (Å²) in [6.07, 6.45) is 1.88. The molecular weight excluding hydrogens is 178 g/mol. The Morgan fingerprint density at radius 3 is 2.64 bits per heavy atom. The molecule has 0 unspecified atom stereocenters. The molecule has 1 aromatic rings. The van der Waals surface area contributed by atoms with Crippen molar-refractivity contribution >= 4 is 6.03 Å². The van der Waals surface area contributed by atoms with E-state index in [2.05, 4.69) is 17.4 Å². The first-order valence-electron chi connectivity index (χ1n) is 4.61. The number of nitrogens with two attached hydrogens (primary N) is 1. The fourth-order valence-corrected chi connectivity index (χ4v) is 1.19. The zero-order chi connectivity index (χ0) is 10.2. The molecule has 0 saturated heterocycles.